The van der Waals surface area contributed by atoms with Gasteiger partial charge in [0.25, 0.3) is 0 Å². The van der Waals surface area contributed by atoms with Gasteiger partial charge in [0.05, 0.1) is 0 Å². The summed E-state index contributed by atoms with van der Waals surface area (Å²) >= 11 is 0. The number of hydrogen-bond acceptors (Lipinski definition) is 2. The first-order valence-corrected chi connectivity index (χ1v) is 6.46. The number of hydrogen-bond donors (Lipinski definition) is 1. The maximum Gasteiger partial charge on any atom is 0.405 e. The lowest BCUT2D eigenvalue weighted by Crippen LogP contribution is -2.35. The molecule has 0 amide bonds. The summed E-state index contributed by atoms with van der Waals surface area (Å²) in [5.41, 5.74) is 1.38. The van der Waals surface area contributed by atoms with E-state index in [1.165, 1.54) is 0 Å². The highest BCUT2D eigenvalue weighted by Gasteiger charge is 2.45. The fourth-order valence-corrected chi connectivity index (χ4v) is 1.83. The van der Waals surface area contributed by atoms with Gasteiger partial charge in [0.15, 0.2) is 5.92 Å². The van der Waals surface area contributed by atoms with E-state index in [0.717, 1.165) is 11.1 Å². The fraction of sp³-hybridized carbons (Fsp3) is 0.533. The van der Waals surface area contributed by atoms with E-state index in [0.29, 0.717) is 0 Å². The molecule has 1 aromatic rings. The summed E-state index contributed by atoms with van der Waals surface area (Å²) in [4.78, 5) is 10.7. The predicted octanol–water partition coefficient (Wildman–Crippen LogP) is 3.93. The van der Waals surface area contributed by atoms with E-state index in [2.05, 4.69) is 0 Å². The summed E-state index contributed by atoms with van der Waals surface area (Å²) in [6.45, 7) is 6.66. The van der Waals surface area contributed by atoms with E-state index >= 15 is 0 Å². The summed E-state index contributed by atoms with van der Waals surface area (Å²) in [6, 6.07) is 5.12. The van der Waals surface area contributed by atoms with Crippen LogP contribution in [0, 0.1) is 12.8 Å². The molecular formula is C15H19F3O3. The topological polar surface area (TPSA) is 46.5 Å². The second-order valence-electron chi connectivity index (χ2n) is 5.99. The van der Waals surface area contributed by atoms with Crippen molar-refractivity contribution in [3.8, 4) is 5.75 Å². The molecule has 0 aliphatic carbocycles. The summed E-state index contributed by atoms with van der Waals surface area (Å²) < 4.78 is 43.0. The molecule has 1 rings (SSSR count). The lowest BCUT2D eigenvalue weighted by atomic mass is 9.85. The third-order valence-electron chi connectivity index (χ3n) is 3.04. The zero-order valence-corrected chi connectivity index (χ0v) is 12.4. The summed E-state index contributed by atoms with van der Waals surface area (Å²) in [5, 5.41) is 8.66. The number of ether oxygens (including phenoxy) is 1. The van der Waals surface area contributed by atoms with Crippen molar-refractivity contribution in [3.63, 3.8) is 0 Å². The molecule has 6 heteroatoms. The normalized spacial score (nSPS) is 13.9. The largest absolute Gasteiger partial charge is 0.492 e. The molecule has 21 heavy (non-hydrogen) atoms. The Labute approximate surface area is 121 Å². The third kappa shape index (κ3) is 4.65. The molecule has 1 N–H and O–H groups in total. The highest BCUT2D eigenvalue weighted by atomic mass is 19.4. The maximum absolute atomic E-state index is 12.6. The van der Waals surface area contributed by atoms with Gasteiger partial charge >= 0.3 is 12.1 Å². The van der Waals surface area contributed by atoms with Crippen molar-refractivity contribution in [2.45, 2.75) is 39.3 Å². The Morgan fingerprint density at radius 3 is 2.29 bits per heavy atom. The number of carboxylic acid groups (broad SMARTS) is 1. The van der Waals surface area contributed by atoms with Crippen LogP contribution in [0.15, 0.2) is 18.2 Å². The number of halogens is 3. The molecule has 0 bridgehead atoms. The van der Waals surface area contributed by atoms with E-state index in [1.807, 2.05) is 33.8 Å². The Kier molecular flexibility index (Phi) is 4.91. The van der Waals surface area contributed by atoms with Crippen molar-refractivity contribution < 1.29 is 27.8 Å². The minimum Gasteiger partial charge on any atom is -0.492 e. The number of carboxylic acids is 1. The standard InChI is InChI=1S/C15H19F3O3/c1-9-5-6-12(10(7-9)14(2,3)4)21-8-11(13(19)20)15(16,17)18/h5-7,11H,8H2,1-4H3,(H,19,20). The highest BCUT2D eigenvalue weighted by molar-refractivity contribution is 5.71. The minimum absolute atomic E-state index is 0.281. The molecule has 0 aromatic heterocycles. The molecule has 1 atom stereocenters. The highest BCUT2D eigenvalue weighted by Crippen LogP contribution is 2.33. The fourth-order valence-electron chi connectivity index (χ4n) is 1.83. The van der Waals surface area contributed by atoms with Crippen LogP contribution >= 0.6 is 0 Å². The third-order valence-corrected chi connectivity index (χ3v) is 3.04. The molecule has 1 unspecified atom stereocenters. The number of alkyl halides is 3. The molecule has 0 aliphatic rings. The Hall–Kier alpha value is -1.72. The van der Waals surface area contributed by atoms with Crippen LogP contribution in [0.5, 0.6) is 5.75 Å². The molecule has 0 saturated heterocycles. The monoisotopic (exact) mass is 304 g/mol. The summed E-state index contributed by atoms with van der Waals surface area (Å²) in [6.07, 6.45) is -4.83. The summed E-state index contributed by atoms with van der Waals surface area (Å²) in [7, 11) is 0. The van der Waals surface area contributed by atoms with Gasteiger partial charge in [-0.05, 0) is 24.0 Å². The van der Waals surface area contributed by atoms with E-state index in [-0.39, 0.29) is 11.2 Å². The first-order valence-electron chi connectivity index (χ1n) is 6.46. The lowest BCUT2D eigenvalue weighted by Gasteiger charge is -2.24. The second kappa shape index (κ2) is 5.95. The predicted molar refractivity (Wildman–Crippen MR) is 72.6 cm³/mol. The van der Waals surface area contributed by atoms with Gasteiger partial charge in [-0.25, -0.2) is 0 Å². The van der Waals surface area contributed by atoms with Crippen molar-refractivity contribution in [3.05, 3.63) is 29.3 Å². The van der Waals surface area contributed by atoms with Gasteiger partial charge < -0.3 is 9.84 Å². The van der Waals surface area contributed by atoms with Crippen LogP contribution < -0.4 is 4.74 Å². The van der Waals surface area contributed by atoms with Crippen LogP contribution in [-0.4, -0.2) is 23.9 Å². The number of aryl methyl sites for hydroxylation is 1. The molecule has 0 radical (unpaired) electrons. The van der Waals surface area contributed by atoms with Gasteiger partial charge in [0.1, 0.15) is 12.4 Å². The van der Waals surface area contributed by atoms with Crippen LogP contribution in [0.25, 0.3) is 0 Å². The Morgan fingerprint density at radius 1 is 1.29 bits per heavy atom. The van der Waals surface area contributed by atoms with Crippen molar-refractivity contribution in [2.24, 2.45) is 5.92 Å². The average Bonchev–Trinajstić information content (AvgIpc) is 2.27. The smallest absolute Gasteiger partial charge is 0.405 e. The first kappa shape index (κ1) is 17.3. The van der Waals surface area contributed by atoms with Gasteiger partial charge in [-0.3, -0.25) is 4.79 Å². The number of rotatable bonds is 4. The van der Waals surface area contributed by atoms with Crippen molar-refractivity contribution in [1.29, 1.82) is 0 Å². The average molecular weight is 304 g/mol. The van der Waals surface area contributed by atoms with Crippen LogP contribution in [-0.2, 0) is 10.2 Å². The molecule has 0 aliphatic heterocycles. The van der Waals surface area contributed by atoms with Crippen molar-refractivity contribution >= 4 is 5.97 Å². The van der Waals surface area contributed by atoms with Gasteiger partial charge in [-0.2, -0.15) is 13.2 Å². The van der Waals surface area contributed by atoms with Crippen molar-refractivity contribution in [1.82, 2.24) is 0 Å². The lowest BCUT2D eigenvalue weighted by molar-refractivity contribution is -0.198. The number of aliphatic carboxylic acids is 1. The number of benzene rings is 1. The van der Waals surface area contributed by atoms with Crippen LogP contribution in [0.3, 0.4) is 0 Å². The van der Waals surface area contributed by atoms with Crippen molar-refractivity contribution in [2.75, 3.05) is 6.61 Å². The molecule has 0 saturated carbocycles. The van der Waals surface area contributed by atoms with E-state index in [9.17, 15) is 18.0 Å². The van der Waals surface area contributed by atoms with Gasteiger partial charge in [0, 0.05) is 0 Å². The Balaban J connectivity index is 3.01. The SMILES string of the molecule is Cc1ccc(OCC(C(=O)O)C(F)(F)F)c(C(C)(C)C)c1. The summed E-state index contributed by atoms with van der Waals surface area (Å²) in [5.74, 6) is -4.19. The van der Waals surface area contributed by atoms with Gasteiger partial charge in [0.2, 0.25) is 0 Å². The van der Waals surface area contributed by atoms with Gasteiger partial charge in [-0.15, -0.1) is 0 Å². The van der Waals surface area contributed by atoms with Crippen LogP contribution in [0.1, 0.15) is 31.9 Å². The van der Waals surface area contributed by atoms with Crippen LogP contribution in [0.4, 0.5) is 13.2 Å². The molecule has 1 aromatic carbocycles. The molecule has 0 fully saturated rings. The van der Waals surface area contributed by atoms with E-state index in [4.69, 9.17) is 9.84 Å². The molecular weight excluding hydrogens is 285 g/mol. The minimum atomic E-state index is -4.83. The maximum atomic E-state index is 12.6. The van der Waals surface area contributed by atoms with E-state index in [1.54, 1.807) is 12.1 Å². The number of carbonyl (C=O) groups is 1. The van der Waals surface area contributed by atoms with Crippen LogP contribution in [0.2, 0.25) is 0 Å². The zero-order chi connectivity index (χ0) is 16.4. The Morgan fingerprint density at radius 2 is 1.86 bits per heavy atom. The van der Waals surface area contributed by atoms with E-state index < -0.39 is 24.7 Å². The molecule has 0 heterocycles. The zero-order valence-electron chi connectivity index (χ0n) is 12.4. The molecule has 118 valence electrons. The molecule has 3 nitrogen and oxygen atoms in total. The Bertz CT molecular complexity index is 516. The molecule has 0 spiro atoms. The second-order valence-corrected chi connectivity index (χ2v) is 5.99. The first-order chi connectivity index (χ1) is 9.43. The quantitative estimate of drug-likeness (QED) is 0.916. The van der Waals surface area contributed by atoms with Gasteiger partial charge in [-0.1, -0.05) is 38.5 Å².